The third-order valence-electron chi connectivity index (χ3n) is 3.26. The SMILES string of the molecule is CC(C)C[C@H](Nc1cc(C(F)(F)F)nc(-c2cccnc2)n1)C(=O)O. The lowest BCUT2D eigenvalue weighted by molar-refractivity contribution is -0.141. The van der Waals surface area contributed by atoms with Gasteiger partial charge < -0.3 is 10.4 Å². The zero-order valence-corrected chi connectivity index (χ0v) is 13.6. The first-order valence-corrected chi connectivity index (χ1v) is 7.53. The van der Waals surface area contributed by atoms with E-state index in [2.05, 4.69) is 20.3 Å². The van der Waals surface area contributed by atoms with Crippen molar-refractivity contribution in [3.05, 3.63) is 36.3 Å². The number of hydrogen-bond donors (Lipinski definition) is 2. The van der Waals surface area contributed by atoms with Gasteiger partial charge in [0.2, 0.25) is 0 Å². The number of aliphatic carboxylic acids is 1. The second kappa shape index (κ2) is 7.45. The predicted octanol–water partition coefficient (Wildman–Crippen LogP) is 3.47. The molecular formula is C16H17F3N4O2. The predicted molar refractivity (Wildman–Crippen MR) is 84.8 cm³/mol. The fourth-order valence-electron chi connectivity index (χ4n) is 2.16. The summed E-state index contributed by atoms with van der Waals surface area (Å²) in [5.41, 5.74) is -0.857. The van der Waals surface area contributed by atoms with E-state index in [0.717, 1.165) is 0 Å². The Kier molecular flexibility index (Phi) is 5.55. The van der Waals surface area contributed by atoms with Crippen LogP contribution in [0.25, 0.3) is 11.4 Å². The number of rotatable bonds is 6. The second-order valence-electron chi connectivity index (χ2n) is 5.87. The average Bonchev–Trinajstić information content (AvgIpc) is 2.53. The molecule has 1 atom stereocenters. The topological polar surface area (TPSA) is 88.0 Å². The smallest absolute Gasteiger partial charge is 0.433 e. The zero-order chi connectivity index (χ0) is 18.6. The highest BCUT2D eigenvalue weighted by molar-refractivity contribution is 5.77. The quantitative estimate of drug-likeness (QED) is 0.826. The van der Waals surface area contributed by atoms with E-state index in [-0.39, 0.29) is 24.0 Å². The summed E-state index contributed by atoms with van der Waals surface area (Å²) in [6.45, 7) is 3.64. The maximum atomic E-state index is 13.1. The first-order valence-electron chi connectivity index (χ1n) is 7.53. The molecule has 0 aliphatic heterocycles. The van der Waals surface area contributed by atoms with Gasteiger partial charge in [-0.1, -0.05) is 13.8 Å². The third-order valence-corrected chi connectivity index (χ3v) is 3.26. The van der Waals surface area contributed by atoms with Gasteiger partial charge in [-0.05, 0) is 24.5 Å². The number of nitrogens with zero attached hydrogens (tertiary/aromatic N) is 3. The average molecular weight is 354 g/mol. The van der Waals surface area contributed by atoms with Crippen LogP contribution in [-0.4, -0.2) is 32.1 Å². The minimum Gasteiger partial charge on any atom is -0.480 e. The molecule has 9 heteroatoms. The fourth-order valence-corrected chi connectivity index (χ4v) is 2.16. The van der Waals surface area contributed by atoms with Crippen LogP contribution in [0.2, 0.25) is 0 Å². The molecule has 0 bridgehead atoms. The molecule has 0 spiro atoms. The summed E-state index contributed by atoms with van der Waals surface area (Å²) >= 11 is 0. The van der Waals surface area contributed by atoms with Crippen LogP contribution >= 0.6 is 0 Å². The van der Waals surface area contributed by atoms with Gasteiger partial charge in [0, 0.05) is 24.0 Å². The van der Waals surface area contributed by atoms with Gasteiger partial charge in [-0.3, -0.25) is 4.98 Å². The first-order chi connectivity index (χ1) is 11.7. The summed E-state index contributed by atoms with van der Waals surface area (Å²) in [6.07, 6.45) is -1.64. The van der Waals surface area contributed by atoms with Crippen LogP contribution in [0.4, 0.5) is 19.0 Å². The normalized spacial score (nSPS) is 12.9. The molecule has 0 saturated carbocycles. The highest BCUT2D eigenvalue weighted by Gasteiger charge is 2.34. The van der Waals surface area contributed by atoms with Crippen LogP contribution < -0.4 is 5.32 Å². The van der Waals surface area contributed by atoms with Crippen LogP contribution in [0.1, 0.15) is 26.0 Å². The number of carbonyl (C=O) groups is 1. The van der Waals surface area contributed by atoms with Gasteiger partial charge in [-0.25, -0.2) is 14.8 Å². The first kappa shape index (κ1) is 18.6. The van der Waals surface area contributed by atoms with Crippen molar-refractivity contribution in [1.82, 2.24) is 15.0 Å². The van der Waals surface area contributed by atoms with E-state index in [1.807, 2.05) is 13.8 Å². The van der Waals surface area contributed by atoms with Crippen LogP contribution in [0.3, 0.4) is 0 Å². The van der Waals surface area contributed by atoms with Gasteiger partial charge >= 0.3 is 12.1 Å². The highest BCUT2D eigenvalue weighted by atomic mass is 19.4. The van der Waals surface area contributed by atoms with Gasteiger partial charge in [0.1, 0.15) is 11.9 Å². The van der Waals surface area contributed by atoms with Gasteiger partial charge in [0.25, 0.3) is 0 Å². The van der Waals surface area contributed by atoms with E-state index in [9.17, 15) is 23.1 Å². The van der Waals surface area contributed by atoms with E-state index in [4.69, 9.17) is 0 Å². The van der Waals surface area contributed by atoms with Crippen molar-refractivity contribution >= 4 is 11.8 Å². The van der Waals surface area contributed by atoms with Crippen molar-refractivity contribution in [3.8, 4) is 11.4 Å². The van der Waals surface area contributed by atoms with Crippen LogP contribution in [-0.2, 0) is 11.0 Å². The lowest BCUT2D eigenvalue weighted by atomic mass is 10.0. The fraction of sp³-hybridized carbons (Fsp3) is 0.375. The summed E-state index contributed by atoms with van der Waals surface area (Å²) in [5.74, 6) is -1.51. The molecule has 0 amide bonds. The van der Waals surface area contributed by atoms with Gasteiger partial charge in [-0.2, -0.15) is 13.2 Å². The zero-order valence-electron chi connectivity index (χ0n) is 13.6. The van der Waals surface area contributed by atoms with Crippen molar-refractivity contribution in [2.45, 2.75) is 32.5 Å². The highest BCUT2D eigenvalue weighted by Crippen LogP contribution is 2.31. The van der Waals surface area contributed by atoms with E-state index < -0.39 is 23.9 Å². The number of carboxylic acid groups (broad SMARTS) is 1. The Morgan fingerprint density at radius 3 is 2.56 bits per heavy atom. The molecule has 2 N–H and O–H groups in total. The Balaban J connectivity index is 2.44. The molecule has 134 valence electrons. The number of alkyl halides is 3. The molecule has 0 aliphatic carbocycles. The summed E-state index contributed by atoms with van der Waals surface area (Å²) in [7, 11) is 0. The number of nitrogens with one attached hydrogen (secondary N) is 1. The Hall–Kier alpha value is -2.71. The van der Waals surface area contributed by atoms with Crippen LogP contribution in [0.5, 0.6) is 0 Å². The Morgan fingerprint density at radius 1 is 1.32 bits per heavy atom. The molecule has 0 fully saturated rings. The third kappa shape index (κ3) is 5.13. The molecule has 2 aromatic rings. The molecule has 0 aromatic carbocycles. The molecule has 25 heavy (non-hydrogen) atoms. The van der Waals surface area contributed by atoms with Gasteiger partial charge in [0.15, 0.2) is 11.5 Å². The largest absolute Gasteiger partial charge is 0.480 e. The van der Waals surface area contributed by atoms with Gasteiger partial charge in [0.05, 0.1) is 0 Å². The summed E-state index contributed by atoms with van der Waals surface area (Å²) in [4.78, 5) is 22.7. The molecular weight excluding hydrogens is 337 g/mol. The molecule has 2 aromatic heterocycles. The number of anilines is 1. The number of carboxylic acids is 1. The van der Waals surface area contributed by atoms with Crippen LogP contribution in [0.15, 0.2) is 30.6 Å². The summed E-state index contributed by atoms with van der Waals surface area (Å²) < 4.78 is 39.4. The Bertz CT molecular complexity index is 736. The van der Waals surface area contributed by atoms with Crippen molar-refractivity contribution in [2.75, 3.05) is 5.32 Å². The maximum absolute atomic E-state index is 13.1. The van der Waals surface area contributed by atoms with E-state index >= 15 is 0 Å². The minimum absolute atomic E-state index is 0.0373. The van der Waals surface area contributed by atoms with Crippen molar-refractivity contribution in [1.29, 1.82) is 0 Å². The molecule has 2 heterocycles. The molecule has 6 nitrogen and oxygen atoms in total. The van der Waals surface area contributed by atoms with Crippen molar-refractivity contribution in [2.24, 2.45) is 5.92 Å². The Labute approximate surface area is 142 Å². The molecule has 2 rings (SSSR count). The molecule has 0 radical (unpaired) electrons. The van der Waals surface area contributed by atoms with E-state index in [1.54, 1.807) is 6.07 Å². The second-order valence-corrected chi connectivity index (χ2v) is 5.87. The molecule has 0 unspecified atom stereocenters. The standard InChI is InChI=1S/C16H17F3N4O2/c1-9(2)6-11(15(24)25)21-13-7-12(16(17,18)19)22-14(23-13)10-4-3-5-20-8-10/h3-5,7-9,11H,6H2,1-2H3,(H,24,25)(H,21,22,23)/t11-/m0/s1. The number of halogens is 3. The Morgan fingerprint density at radius 2 is 2.04 bits per heavy atom. The number of aromatic nitrogens is 3. The number of hydrogen-bond acceptors (Lipinski definition) is 5. The monoisotopic (exact) mass is 354 g/mol. The molecule has 0 saturated heterocycles. The van der Waals surface area contributed by atoms with Crippen molar-refractivity contribution < 1.29 is 23.1 Å². The lowest BCUT2D eigenvalue weighted by Gasteiger charge is -2.18. The van der Waals surface area contributed by atoms with Crippen LogP contribution in [0, 0.1) is 5.92 Å². The minimum atomic E-state index is -4.69. The maximum Gasteiger partial charge on any atom is 0.433 e. The summed E-state index contributed by atoms with van der Waals surface area (Å²) in [5, 5.41) is 11.8. The van der Waals surface area contributed by atoms with Gasteiger partial charge in [-0.15, -0.1) is 0 Å². The van der Waals surface area contributed by atoms with Crippen molar-refractivity contribution in [3.63, 3.8) is 0 Å². The lowest BCUT2D eigenvalue weighted by Crippen LogP contribution is -2.31. The van der Waals surface area contributed by atoms with E-state index in [0.29, 0.717) is 11.6 Å². The summed E-state index contributed by atoms with van der Waals surface area (Å²) in [6, 6.07) is 2.72. The number of pyridine rings is 1. The molecule has 0 aliphatic rings. The van der Waals surface area contributed by atoms with E-state index in [1.165, 1.54) is 18.5 Å².